The number of carbonyl (C=O) groups excluding carboxylic acids is 1. The molecule has 3 nitrogen and oxygen atoms in total. The first-order chi connectivity index (χ1) is 8.24. The Morgan fingerprint density at radius 3 is 2.76 bits per heavy atom. The SMILES string of the molecule is CCOC(=O)c1ccc2nc(CC)ccc2c1. The van der Waals surface area contributed by atoms with Crippen LogP contribution >= 0.6 is 0 Å². The summed E-state index contributed by atoms with van der Waals surface area (Å²) in [7, 11) is 0. The van der Waals surface area contributed by atoms with Gasteiger partial charge in [-0.15, -0.1) is 0 Å². The van der Waals surface area contributed by atoms with Crippen molar-refractivity contribution in [2.24, 2.45) is 0 Å². The van der Waals surface area contributed by atoms with Gasteiger partial charge in [-0.1, -0.05) is 13.0 Å². The van der Waals surface area contributed by atoms with Gasteiger partial charge in [0.15, 0.2) is 0 Å². The summed E-state index contributed by atoms with van der Waals surface area (Å²) in [6.07, 6.45) is 0.912. The molecule has 0 fully saturated rings. The lowest BCUT2D eigenvalue weighted by Gasteiger charge is -2.04. The van der Waals surface area contributed by atoms with Gasteiger partial charge in [-0.3, -0.25) is 4.98 Å². The minimum Gasteiger partial charge on any atom is -0.462 e. The normalized spacial score (nSPS) is 10.5. The van der Waals surface area contributed by atoms with Gasteiger partial charge < -0.3 is 4.74 Å². The van der Waals surface area contributed by atoms with E-state index >= 15 is 0 Å². The number of esters is 1. The number of aromatic nitrogens is 1. The number of fused-ring (bicyclic) bond motifs is 1. The van der Waals surface area contributed by atoms with Crippen LogP contribution in [0.2, 0.25) is 0 Å². The molecule has 0 aliphatic rings. The predicted molar refractivity (Wildman–Crippen MR) is 67.1 cm³/mol. The first-order valence-corrected chi connectivity index (χ1v) is 5.81. The van der Waals surface area contributed by atoms with E-state index in [1.54, 1.807) is 13.0 Å². The Morgan fingerprint density at radius 1 is 1.24 bits per heavy atom. The van der Waals surface area contributed by atoms with Crippen molar-refractivity contribution in [2.75, 3.05) is 6.61 Å². The van der Waals surface area contributed by atoms with Gasteiger partial charge in [0.2, 0.25) is 0 Å². The zero-order valence-electron chi connectivity index (χ0n) is 10.1. The van der Waals surface area contributed by atoms with E-state index in [1.165, 1.54) is 0 Å². The molecule has 0 aliphatic heterocycles. The minimum atomic E-state index is -0.283. The monoisotopic (exact) mass is 229 g/mol. The van der Waals surface area contributed by atoms with Crippen molar-refractivity contribution >= 4 is 16.9 Å². The molecule has 0 spiro atoms. The topological polar surface area (TPSA) is 39.2 Å². The molecule has 0 saturated carbocycles. The van der Waals surface area contributed by atoms with Gasteiger partial charge in [0.25, 0.3) is 0 Å². The fourth-order valence-electron chi connectivity index (χ4n) is 1.71. The molecule has 88 valence electrons. The van der Waals surface area contributed by atoms with Crippen LogP contribution in [-0.2, 0) is 11.2 Å². The van der Waals surface area contributed by atoms with Crippen molar-refractivity contribution < 1.29 is 9.53 Å². The van der Waals surface area contributed by atoms with Gasteiger partial charge in [0, 0.05) is 11.1 Å². The summed E-state index contributed by atoms with van der Waals surface area (Å²) in [5, 5.41) is 0.966. The molecule has 0 aliphatic carbocycles. The van der Waals surface area contributed by atoms with Gasteiger partial charge in [0.1, 0.15) is 0 Å². The maximum Gasteiger partial charge on any atom is 0.338 e. The number of benzene rings is 1. The predicted octanol–water partition coefficient (Wildman–Crippen LogP) is 2.97. The smallest absolute Gasteiger partial charge is 0.338 e. The fourth-order valence-corrected chi connectivity index (χ4v) is 1.71. The standard InChI is InChI=1S/C14H15NO2/c1-3-12-7-5-10-9-11(14(16)17-4-2)6-8-13(10)15-12/h5-9H,3-4H2,1-2H3. The lowest BCUT2D eigenvalue weighted by Crippen LogP contribution is -2.04. The van der Waals surface area contributed by atoms with Crippen molar-refractivity contribution in [3.8, 4) is 0 Å². The Kier molecular flexibility index (Phi) is 3.38. The maximum absolute atomic E-state index is 11.6. The van der Waals surface area contributed by atoms with Crippen LogP contribution in [0.4, 0.5) is 0 Å². The quantitative estimate of drug-likeness (QED) is 0.759. The molecule has 2 aromatic rings. The first kappa shape index (κ1) is 11.6. The van der Waals surface area contributed by atoms with Crippen LogP contribution in [0.15, 0.2) is 30.3 Å². The number of hydrogen-bond acceptors (Lipinski definition) is 3. The van der Waals surface area contributed by atoms with Crippen LogP contribution in [0, 0.1) is 0 Å². The van der Waals surface area contributed by atoms with Gasteiger partial charge in [-0.2, -0.15) is 0 Å². The molecule has 1 heterocycles. The fraction of sp³-hybridized carbons (Fsp3) is 0.286. The van der Waals surface area contributed by atoms with Crippen molar-refractivity contribution in [1.29, 1.82) is 0 Å². The third-order valence-electron chi connectivity index (χ3n) is 2.62. The molecule has 3 heteroatoms. The first-order valence-electron chi connectivity index (χ1n) is 5.81. The van der Waals surface area contributed by atoms with Crippen LogP contribution in [0.5, 0.6) is 0 Å². The van der Waals surface area contributed by atoms with Crippen molar-refractivity contribution in [1.82, 2.24) is 4.98 Å². The zero-order chi connectivity index (χ0) is 12.3. The Hall–Kier alpha value is -1.90. The second-order valence-corrected chi connectivity index (χ2v) is 3.78. The third kappa shape index (κ3) is 2.44. The molecule has 0 bridgehead atoms. The van der Waals surface area contributed by atoms with Crippen LogP contribution in [0.3, 0.4) is 0 Å². The van der Waals surface area contributed by atoms with E-state index in [0.29, 0.717) is 12.2 Å². The van der Waals surface area contributed by atoms with E-state index in [2.05, 4.69) is 11.9 Å². The van der Waals surface area contributed by atoms with Crippen molar-refractivity contribution in [3.05, 3.63) is 41.6 Å². The molecule has 0 unspecified atom stereocenters. The molecule has 0 amide bonds. The molecule has 1 aromatic carbocycles. The highest BCUT2D eigenvalue weighted by Crippen LogP contribution is 2.16. The van der Waals surface area contributed by atoms with E-state index in [4.69, 9.17) is 4.74 Å². The van der Waals surface area contributed by atoms with E-state index in [1.807, 2.05) is 24.3 Å². The van der Waals surface area contributed by atoms with E-state index in [9.17, 15) is 4.79 Å². The van der Waals surface area contributed by atoms with E-state index in [0.717, 1.165) is 23.0 Å². The highest BCUT2D eigenvalue weighted by molar-refractivity contribution is 5.94. The van der Waals surface area contributed by atoms with Gasteiger partial charge in [0.05, 0.1) is 17.7 Å². The Labute approximate surface area is 100 Å². The summed E-state index contributed by atoms with van der Waals surface area (Å²) < 4.78 is 4.96. The van der Waals surface area contributed by atoms with Crippen LogP contribution in [0.1, 0.15) is 29.9 Å². The summed E-state index contributed by atoms with van der Waals surface area (Å²) in [6.45, 7) is 4.26. The minimum absolute atomic E-state index is 0.283. The lowest BCUT2D eigenvalue weighted by atomic mass is 10.1. The van der Waals surface area contributed by atoms with Gasteiger partial charge >= 0.3 is 5.97 Å². The van der Waals surface area contributed by atoms with E-state index in [-0.39, 0.29) is 5.97 Å². The highest BCUT2D eigenvalue weighted by Gasteiger charge is 2.07. The largest absolute Gasteiger partial charge is 0.462 e. The summed E-state index contributed by atoms with van der Waals surface area (Å²) in [4.78, 5) is 16.1. The molecular weight excluding hydrogens is 214 g/mol. The van der Waals surface area contributed by atoms with Gasteiger partial charge in [-0.05, 0) is 37.6 Å². The molecule has 2 rings (SSSR count). The summed E-state index contributed by atoms with van der Waals surface area (Å²) >= 11 is 0. The summed E-state index contributed by atoms with van der Waals surface area (Å²) in [5.41, 5.74) is 2.55. The van der Waals surface area contributed by atoms with Crippen LogP contribution < -0.4 is 0 Å². The van der Waals surface area contributed by atoms with Crippen LogP contribution in [-0.4, -0.2) is 17.6 Å². The number of pyridine rings is 1. The average molecular weight is 229 g/mol. The molecule has 17 heavy (non-hydrogen) atoms. The number of hydrogen-bond donors (Lipinski definition) is 0. The maximum atomic E-state index is 11.6. The molecule has 0 N–H and O–H groups in total. The molecule has 0 saturated heterocycles. The summed E-state index contributed by atoms with van der Waals surface area (Å²) in [6, 6.07) is 9.41. The second-order valence-electron chi connectivity index (χ2n) is 3.78. The number of ether oxygens (including phenoxy) is 1. The lowest BCUT2D eigenvalue weighted by molar-refractivity contribution is 0.0526. The third-order valence-corrected chi connectivity index (χ3v) is 2.62. The highest BCUT2D eigenvalue weighted by atomic mass is 16.5. The molecule has 1 aromatic heterocycles. The van der Waals surface area contributed by atoms with Crippen molar-refractivity contribution in [2.45, 2.75) is 20.3 Å². The Morgan fingerprint density at radius 2 is 2.06 bits per heavy atom. The number of aryl methyl sites for hydroxylation is 1. The Balaban J connectivity index is 2.41. The summed E-state index contributed by atoms with van der Waals surface area (Å²) in [5.74, 6) is -0.283. The van der Waals surface area contributed by atoms with Crippen LogP contribution in [0.25, 0.3) is 10.9 Å². The Bertz CT molecular complexity index is 549. The molecular formula is C14H15NO2. The molecule has 0 atom stereocenters. The zero-order valence-corrected chi connectivity index (χ0v) is 10.1. The molecule has 0 radical (unpaired) electrons. The van der Waals surface area contributed by atoms with Gasteiger partial charge in [-0.25, -0.2) is 4.79 Å². The van der Waals surface area contributed by atoms with Crippen molar-refractivity contribution in [3.63, 3.8) is 0 Å². The number of rotatable bonds is 3. The second kappa shape index (κ2) is 4.95. The number of carbonyl (C=O) groups is 1. The number of nitrogens with zero attached hydrogens (tertiary/aromatic N) is 1. The van der Waals surface area contributed by atoms with E-state index < -0.39 is 0 Å². The average Bonchev–Trinajstić information content (AvgIpc) is 2.37.